The number of likely N-dealkylation sites (tertiary alicyclic amines) is 1. The Morgan fingerprint density at radius 3 is 2.51 bits per heavy atom. The Hall–Kier alpha value is -3.66. The van der Waals surface area contributed by atoms with Crippen LogP contribution in [0.15, 0.2) is 59.5 Å². The lowest BCUT2D eigenvalue weighted by Crippen LogP contribution is -2.40. The number of sulfone groups is 1. The van der Waals surface area contributed by atoms with Gasteiger partial charge in [-0.1, -0.05) is 18.6 Å². The predicted molar refractivity (Wildman–Crippen MR) is 164 cm³/mol. The molecule has 2 N–H and O–H groups in total. The van der Waals surface area contributed by atoms with Crippen molar-refractivity contribution < 1.29 is 31.1 Å². The summed E-state index contributed by atoms with van der Waals surface area (Å²) in [7, 11) is -0.342. The van der Waals surface area contributed by atoms with Crippen molar-refractivity contribution in [2.24, 2.45) is 0 Å². The van der Waals surface area contributed by atoms with Crippen molar-refractivity contribution in [2.45, 2.75) is 36.5 Å². The summed E-state index contributed by atoms with van der Waals surface area (Å²) in [4.78, 5) is 2.44. The normalized spacial score (nSPS) is 14.7. The molecule has 4 rings (SSSR count). The molecule has 0 spiro atoms. The molecule has 1 aliphatic rings. The van der Waals surface area contributed by atoms with Gasteiger partial charge in [-0.15, -0.1) is 0 Å². The highest BCUT2D eigenvalue weighted by Gasteiger charge is 2.30. The maximum absolute atomic E-state index is 13.6. The molecule has 3 aromatic rings. The zero-order chi connectivity index (χ0) is 31.2. The third-order valence-corrected chi connectivity index (χ3v) is 8.32. The number of anilines is 2. The van der Waals surface area contributed by atoms with E-state index in [0.29, 0.717) is 28.9 Å². The van der Waals surface area contributed by atoms with E-state index in [2.05, 4.69) is 34.0 Å². The highest BCUT2D eigenvalue weighted by molar-refractivity contribution is 7.90. The number of nitrogens with zero attached hydrogens (tertiary/aromatic N) is 2. The van der Waals surface area contributed by atoms with Crippen LogP contribution >= 0.6 is 0 Å². The van der Waals surface area contributed by atoms with E-state index >= 15 is 0 Å². The Kier molecular flexibility index (Phi) is 10.3. The fourth-order valence-corrected chi connectivity index (χ4v) is 5.84. The van der Waals surface area contributed by atoms with E-state index in [1.165, 1.54) is 23.8 Å². The van der Waals surface area contributed by atoms with Gasteiger partial charge in [0.2, 0.25) is 0 Å². The summed E-state index contributed by atoms with van der Waals surface area (Å²) in [6, 6.07) is 11.6. The lowest BCUT2D eigenvalue weighted by atomic mass is 10.0. The van der Waals surface area contributed by atoms with Crippen LogP contribution in [0.2, 0.25) is 0 Å². The largest absolute Gasteiger partial charge is 0.495 e. The smallest absolute Gasteiger partial charge is 0.406 e. The summed E-state index contributed by atoms with van der Waals surface area (Å²) in [5.74, 6) is 6.11. The maximum atomic E-state index is 13.6. The van der Waals surface area contributed by atoms with E-state index in [1.54, 1.807) is 31.4 Å². The molecule has 1 fully saturated rings. The first-order chi connectivity index (χ1) is 20.4. The number of alkyl halides is 3. The van der Waals surface area contributed by atoms with Gasteiger partial charge in [0, 0.05) is 56.2 Å². The molecule has 1 saturated heterocycles. The van der Waals surface area contributed by atoms with E-state index in [0.717, 1.165) is 50.0 Å². The number of piperidine rings is 1. The Labute approximate surface area is 250 Å². The van der Waals surface area contributed by atoms with Crippen molar-refractivity contribution in [2.75, 3.05) is 63.9 Å². The third kappa shape index (κ3) is 8.69. The van der Waals surface area contributed by atoms with Gasteiger partial charge in [0.1, 0.15) is 12.3 Å². The van der Waals surface area contributed by atoms with Gasteiger partial charge >= 0.3 is 6.18 Å². The van der Waals surface area contributed by atoms with Gasteiger partial charge in [0.25, 0.3) is 0 Å². The first-order valence-electron chi connectivity index (χ1n) is 13.8. The highest BCUT2D eigenvalue weighted by Crippen LogP contribution is 2.32. The maximum Gasteiger partial charge on any atom is 0.406 e. The van der Waals surface area contributed by atoms with Crippen LogP contribution in [0.3, 0.4) is 0 Å². The number of nitrogens with one attached hydrogen (secondary N) is 2. The Bertz CT molecular complexity index is 1620. The summed E-state index contributed by atoms with van der Waals surface area (Å²) in [5, 5.41) is 7.28. The molecule has 0 amide bonds. The summed E-state index contributed by atoms with van der Waals surface area (Å²) < 4.78 is 76.2. The van der Waals surface area contributed by atoms with Crippen LogP contribution in [0.5, 0.6) is 5.75 Å². The molecule has 2 aromatic carbocycles. The number of ether oxygens (including phenoxy) is 2. The van der Waals surface area contributed by atoms with Gasteiger partial charge in [-0.05, 0) is 54.7 Å². The first kappa shape index (κ1) is 32.3. The molecule has 0 saturated carbocycles. The van der Waals surface area contributed by atoms with Crippen molar-refractivity contribution >= 4 is 32.1 Å². The SMILES string of the molecule is C=C(COC)CN1CCC(Nc2cccc3c2cc(C#CCNc2ccc(S(C)(=O)=O)cc2OC)n3CC(F)(F)F)CC1. The van der Waals surface area contributed by atoms with Crippen molar-refractivity contribution in [3.8, 4) is 17.6 Å². The van der Waals surface area contributed by atoms with E-state index in [-0.39, 0.29) is 23.2 Å². The molecule has 0 bridgehead atoms. The van der Waals surface area contributed by atoms with Crippen LogP contribution in [0.25, 0.3) is 10.9 Å². The number of fused-ring (bicyclic) bond motifs is 1. The summed E-state index contributed by atoms with van der Waals surface area (Å²) in [6.07, 6.45) is -1.54. The van der Waals surface area contributed by atoms with Gasteiger partial charge in [-0.2, -0.15) is 13.2 Å². The molecule has 8 nitrogen and oxygen atoms in total. The number of hydrogen-bond donors (Lipinski definition) is 2. The molecular weight excluding hydrogens is 581 g/mol. The van der Waals surface area contributed by atoms with E-state index in [4.69, 9.17) is 9.47 Å². The lowest BCUT2D eigenvalue weighted by Gasteiger charge is -2.33. The third-order valence-electron chi connectivity index (χ3n) is 7.21. The van der Waals surface area contributed by atoms with E-state index < -0.39 is 22.6 Å². The summed E-state index contributed by atoms with van der Waals surface area (Å²) in [6.45, 7) is 6.07. The van der Waals surface area contributed by atoms with Crippen molar-refractivity contribution in [1.29, 1.82) is 0 Å². The van der Waals surface area contributed by atoms with Crippen LogP contribution in [-0.2, 0) is 21.1 Å². The Morgan fingerprint density at radius 2 is 1.86 bits per heavy atom. The number of halogens is 3. The molecule has 0 radical (unpaired) electrons. The van der Waals surface area contributed by atoms with E-state index in [9.17, 15) is 21.6 Å². The fourth-order valence-electron chi connectivity index (χ4n) is 5.21. The fraction of sp³-hybridized carbons (Fsp3) is 0.419. The average Bonchev–Trinajstić information content (AvgIpc) is 3.28. The molecule has 43 heavy (non-hydrogen) atoms. The topological polar surface area (TPSA) is 84.8 Å². The second-order valence-electron chi connectivity index (χ2n) is 10.6. The van der Waals surface area contributed by atoms with E-state index in [1.807, 2.05) is 6.07 Å². The first-order valence-corrected chi connectivity index (χ1v) is 15.7. The van der Waals surface area contributed by atoms with Gasteiger partial charge in [0.15, 0.2) is 9.84 Å². The highest BCUT2D eigenvalue weighted by atomic mass is 32.2. The summed E-state index contributed by atoms with van der Waals surface area (Å²) in [5.41, 5.74) is 3.01. The van der Waals surface area contributed by atoms with Gasteiger partial charge in [0.05, 0.1) is 42.1 Å². The van der Waals surface area contributed by atoms with Crippen molar-refractivity contribution in [3.05, 3.63) is 60.3 Å². The van der Waals surface area contributed by atoms with Crippen LogP contribution in [0.1, 0.15) is 18.5 Å². The second-order valence-corrected chi connectivity index (χ2v) is 12.7. The number of methoxy groups -OCH3 is 2. The minimum Gasteiger partial charge on any atom is -0.495 e. The van der Waals surface area contributed by atoms with Gasteiger partial charge in [-0.3, -0.25) is 4.90 Å². The molecule has 0 unspecified atom stereocenters. The zero-order valence-corrected chi connectivity index (χ0v) is 25.4. The molecular formula is C31H37F3N4O4S. The predicted octanol–water partition coefficient (Wildman–Crippen LogP) is 5.16. The van der Waals surface area contributed by atoms with Crippen LogP contribution < -0.4 is 15.4 Å². The van der Waals surface area contributed by atoms with Crippen molar-refractivity contribution in [1.82, 2.24) is 9.47 Å². The number of benzene rings is 2. The Balaban J connectivity index is 1.52. The average molecular weight is 619 g/mol. The minimum atomic E-state index is -4.43. The van der Waals surface area contributed by atoms with Crippen LogP contribution in [0.4, 0.5) is 24.5 Å². The molecule has 0 aliphatic carbocycles. The lowest BCUT2D eigenvalue weighted by molar-refractivity contribution is -0.140. The molecule has 2 heterocycles. The summed E-state index contributed by atoms with van der Waals surface area (Å²) >= 11 is 0. The van der Waals surface area contributed by atoms with Crippen LogP contribution in [0, 0.1) is 11.8 Å². The van der Waals surface area contributed by atoms with Gasteiger partial charge < -0.3 is 24.7 Å². The molecule has 1 aliphatic heterocycles. The monoisotopic (exact) mass is 618 g/mol. The minimum absolute atomic E-state index is 0.0998. The molecule has 0 atom stereocenters. The zero-order valence-electron chi connectivity index (χ0n) is 24.6. The number of hydrogen-bond acceptors (Lipinski definition) is 7. The molecule has 232 valence electrons. The second kappa shape index (κ2) is 13.8. The molecule has 12 heteroatoms. The molecule has 1 aromatic heterocycles. The quantitative estimate of drug-likeness (QED) is 0.227. The number of aromatic nitrogens is 1. The number of rotatable bonds is 11. The van der Waals surface area contributed by atoms with Gasteiger partial charge in [-0.25, -0.2) is 8.42 Å². The van der Waals surface area contributed by atoms with Crippen molar-refractivity contribution in [3.63, 3.8) is 0 Å². The Morgan fingerprint density at radius 1 is 1.12 bits per heavy atom. The van der Waals surface area contributed by atoms with Crippen LogP contribution in [-0.4, -0.2) is 83.4 Å². The standard InChI is InChI=1S/C31H37F3N4O4S/c1-22(20-41-2)19-37-15-12-23(13-16-37)36-27-8-5-9-29-26(27)17-24(38(29)21-31(32,33)34)7-6-14-35-28-11-10-25(43(4,39)40)18-30(28)42-3/h5,8-11,17-18,23,35-36H,1,12-16,19-21H2,2-4H3.